The molecule has 0 saturated heterocycles. The van der Waals surface area contributed by atoms with Crippen molar-refractivity contribution in [1.82, 2.24) is 9.97 Å². The third kappa shape index (κ3) is 4.96. The number of hydrazine groups is 1. The van der Waals surface area contributed by atoms with Gasteiger partial charge in [-0.2, -0.15) is 0 Å². The van der Waals surface area contributed by atoms with Gasteiger partial charge in [-0.15, -0.1) is 0 Å². The monoisotopic (exact) mass is 279 g/mol. The molecule has 0 aromatic carbocycles. The van der Waals surface area contributed by atoms with E-state index in [2.05, 4.69) is 62.3 Å². The summed E-state index contributed by atoms with van der Waals surface area (Å²) in [5.74, 6) is 7.13. The standard InChI is InChI=1S/C15H29N5/c1-7-8-11-12(17-10-18-13(11)20-16)19-15(5,6)9-14(2,3)4/h10H,7-9,16H2,1-6H3,(H2,17,18,19,20). The second kappa shape index (κ2) is 6.39. The fraction of sp³-hybridized carbons (Fsp3) is 0.733. The average molecular weight is 279 g/mol. The summed E-state index contributed by atoms with van der Waals surface area (Å²) < 4.78 is 0. The molecule has 5 heteroatoms. The van der Waals surface area contributed by atoms with Gasteiger partial charge in [-0.3, -0.25) is 0 Å². The van der Waals surface area contributed by atoms with Crippen LogP contribution in [0.5, 0.6) is 0 Å². The topological polar surface area (TPSA) is 75.9 Å². The Labute approximate surface area is 122 Å². The van der Waals surface area contributed by atoms with Gasteiger partial charge in [0.1, 0.15) is 18.0 Å². The second-order valence-electron chi connectivity index (χ2n) is 7.19. The van der Waals surface area contributed by atoms with Crippen LogP contribution in [0.4, 0.5) is 11.6 Å². The number of aromatic nitrogens is 2. The summed E-state index contributed by atoms with van der Waals surface area (Å²) in [5.41, 5.74) is 3.93. The molecular weight excluding hydrogens is 250 g/mol. The highest BCUT2D eigenvalue weighted by molar-refractivity contribution is 5.57. The summed E-state index contributed by atoms with van der Waals surface area (Å²) in [5, 5.41) is 3.56. The molecule has 0 aliphatic heterocycles. The van der Waals surface area contributed by atoms with E-state index in [1.807, 2.05) is 0 Å². The molecule has 1 aromatic heterocycles. The number of rotatable bonds is 6. The molecule has 114 valence electrons. The van der Waals surface area contributed by atoms with E-state index >= 15 is 0 Å². The number of nitrogens with one attached hydrogen (secondary N) is 2. The molecule has 0 atom stereocenters. The van der Waals surface area contributed by atoms with Crippen LogP contribution in [0.15, 0.2) is 6.33 Å². The number of nitrogen functional groups attached to an aromatic ring is 1. The molecule has 20 heavy (non-hydrogen) atoms. The summed E-state index contributed by atoms with van der Waals surface area (Å²) in [7, 11) is 0. The molecule has 5 nitrogen and oxygen atoms in total. The van der Waals surface area contributed by atoms with Crippen LogP contribution in [0, 0.1) is 5.41 Å². The van der Waals surface area contributed by atoms with E-state index in [0.717, 1.165) is 30.6 Å². The minimum absolute atomic E-state index is 0.0407. The smallest absolute Gasteiger partial charge is 0.148 e. The van der Waals surface area contributed by atoms with Gasteiger partial charge < -0.3 is 10.7 Å². The van der Waals surface area contributed by atoms with E-state index in [-0.39, 0.29) is 11.0 Å². The van der Waals surface area contributed by atoms with Gasteiger partial charge in [-0.25, -0.2) is 15.8 Å². The van der Waals surface area contributed by atoms with E-state index in [0.29, 0.717) is 5.82 Å². The molecular formula is C15H29N5. The largest absolute Gasteiger partial charge is 0.365 e. The van der Waals surface area contributed by atoms with Gasteiger partial charge in [0.25, 0.3) is 0 Å². The van der Waals surface area contributed by atoms with Gasteiger partial charge in [0.15, 0.2) is 0 Å². The van der Waals surface area contributed by atoms with Gasteiger partial charge in [-0.1, -0.05) is 34.1 Å². The first-order valence-corrected chi connectivity index (χ1v) is 7.27. The molecule has 1 rings (SSSR count). The fourth-order valence-corrected chi connectivity index (χ4v) is 2.82. The van der Waals surface area contributed by atoms with E-state index in [4.69, 9.17) is 5.84 Å². The molecule has 1 heterocycles. The fourth-order valence-electron chi connectivity index (χ4n) is 2.82. The predicted octanol–water partition coefficient (Wildman–Crippen LogP) is 3.34. The van der Waals surface area contributed by atoms with Crippen molar-refractivity contribution in [3.05, 3.63) is 11.9 Å². The average Bonchev–Trinajstić information content (AvgIpc) is 2.27. The number of hydrogen-bond donors (Lipinski definition) is 3. The van der Waals surface area contributed by atoms with Crippen molar-refractivity contribution in [3.8, 4) is 0 Å². The molecule has 0 spiro atoms. The first-order chi connectivity index (χ1) is 9.18. The third-order valence-corrected chi connectivity index (χ3v) is 3.01. The van der Waals surface area contributed by atoms with Crippen molar-refractivity contribution >= 4 is 11.6 Å². The van der Waals surface area contributed by atoms with E-state index < -0.39 is 0 Å². The Balaban J connectivity index is 3.02. The van der Waals surface area contributed by atoms with Gasteiger partial charge in [0.2, 0.25) is 0 Å². The molecule has 0 bridgehead atoms. The third-order valence-electron chi connectivity index (χ3n) is 3.01. The van der Waals surface area contributed by atoms with Crippen LogP contribution in [-0.2, 0) is 6.42 Å². The molecule has 0 saturated carbocycles. The van der Waals surface area contributed by atoms with Crippen molar-refractivity contribution in [3.63, 3.8) is 0 Å². The molecule has 0 fully saturated rings. The Kier molecular flexibility index (Phi) is 5.34. The maximum atomic E-state index is 5.55. The summed E-state index contributed by atoms with van der Waals surface area (Å²) in [6.45, 7) is 13.3. The normalized spacial score (nSPS) is 12.3. The van der Waals surface area contributed by atoms with Crippen LogP contribution in [0.25, 0.3) is 0 Å². The van der Waals surface area contributed by atoms with Gasteiger partial charge >= 0.3 is 0 Å². The summed E-state index contributed by atoms with van der Waals surface area (Å²) >= 11 is 0. The van der Waals surface area contributed by atoms with Crippen LogP contribution < -0.4 is 16.6 Å². The van der Waals surface area contributed by atoms with Crippen LogP contribution in [0.2, 0.25) is 0 Å². The number of anilines is 2. The lowest BCUT2D eigenvalue weighted by molar-refractivity contribution is 0.302. The molecule has 0 amide bonds. The Hall–Kier alpha value is -1.36. The van der Waals surface area contributed by atoms with Crippen LogP contribution in [0.3, 0.4) is 0 Å². The van der Waals surface area contributed by atoms with Gasteiger partial charge in [0, 0.05) is 11.1 Å². The highest BCUT2D eigenvalue weighted by atomic mass is 15.3. The minimum atomic E-state index is -0.0407. The summed E-state index contributed by atoms with van der Waals surface area (Å²) in [6, 6.07) is 0. The Morgan fingerprint density at radius 3 is 2.20 bits per heavy atom. The molecule has 0 aliphatic carbocycles. The molecule has 0 radical (unpaired) electrons. The van der Waals surface area contributed by atoms with Crippen molar-refractivity contribution in [1.29, 1.82) is 0 Å². The lowest BCUT2D eigenvalue weighted by atomic mass is 9.81. The minimum Gasteiger partial charge on any atom is -0.365 e. The maximum absolute atomic E-state index is 5.55. The van der Waals surface area contributed by atoms with E-state index in [1.165, 1.54) is 0 Å². The molecule has 0 aliphatic rings. The zero-order valence-corrected chi connectivity index (χ0v) is 13.7. The van der Waals surface area contributed by atoms with E-state index in [9.17, 15) is 0 Å². The van der Waals surface area contributed by atoms with Gasteiger partial charge in [0.05, 0.1) is 0 Å². The SMILES string of the molecule is CCCc1c(NN)ncnc1NC(C)(C)CC(C)(C)C. The van der Waals surface area contributed by atoms with Gasteiger partial charge in [-0.05, 0) is 32.1 Å². The first-order valence-electron chi connectivity index (χ1n) is 7.27. The predicted molar refractivity (Wildman–Crippen MR) is 85.6 cm³/mol. The Morgan fingerprint density at radius 2 is 1.70 bits per heavy atom. The van der Waals surface area contributed by atoms with Crippen molar-refractivity contribution in [2.75, 3.05) is 10.7 Å². The molecule has 4 N–H and O–H groups in total. The Morgan fingerprint density at radius 1 is 1.10 bits per heavy atom. The van der Waals surface area contributed by atoms with Crippen LogP contribution >= 0.6 is 0 Å². The highest BCUT2D eigenvalue weighted by Gasteiger charge is 2.26. The molecule has 0 unspecified atom stereocenters. The van der Waals surface area contributed by atoms with Crippen molar-refractivity contribution in [2.24, 2.45) is 11.3 Å². The summed E-state index contributed by atoms with van der Waals surface area (Å²) in [6.07, 6.45) is 4.51. The van der Waals surface area contributed by atoms with Crippen LogP contribution in [-0.4, -0.2) is 15.5 Å². The number of nitrogens with two attached hydrogens (primary N) is 1. The lowest BCUT2D eigenvalue weighted by Gasteiger charge is -2.34. The van der Waals surface area contributed by atoms with Crippen molar-refractivity contribution < 1.29 is 0 Å². The zero-order valence-electron chi connectivity index (χ0n) is 13.7. The Bertz CT molecular complexity index is 434. The maximum Gasteiger partial charge on any atom is 0.148 e. The number of hydrogen-bond acceptors (Lipinski definition) is 5. The lowest BCUT2D eigenvalue weighted by Crippen LogP contribution is -2.36. The summed E-state index contributed by atoms with van der Waals surface area (Å²) in [4.78, 5) is 8.60. The van der Waals surface area contributed by atoms with Crippen LogP contribution in [0.1, 0.15) is 59.9 Å². The zero-order chi connectivity index (χ0) is 15.4. The highest BCUT2D eigenvalue weighted by Crippen LogP contribution is 2.31. The number of nitrogens with zero attached hydrogens (tertiary/aromatic N) is 2. The first kappa shape index (κ1) is 16.7. The quantitative estimate of drug-likeness (QED) is 0.550. The van der Waals surface area contributed by atoms with Crippen molar-refractivity contribution in [2.45, 2.75) is 66.3 Å². The molecule has 1 aromatic rings. The second-order valence-corrected chi connectivity index (χ2v) is 7.19. The van der Waals surface area contributed by atoms with E-state index in [1.54, 1.807) is 6.33 Å².